The van der Waals surface area contributed by atoms with Gasteiger partial charge in [0.1, 0.15) is 17.0 Å². The van der Waals surface area contributed by atoms with Gasteiger partial charge < -0.3 is 14.8 Å². The van der Waals surface area contributed by atoms with Crippen molar-refractivity contribution in [2.24, 2.45) is 7.05 Å². The van der Waals surface area contributed by atoms with Gasteiger partial charge in [-0.3, -0.25) is 14.4 Å². The Morgan fingerprint density at radius 1 is 0.930 bits per heavy atom. The number of rotatable bonds is 3. The second-order valence-electron chi connectivity index (χ2n) is 13.1. The van der Waals surface area contributed by atoms with E-state index in [2.05, 4.69) is 15.4 Å². The average Bonchev–Trinajstić information content (AvgIpc) is 3.56. The quantitative estimate of drug-likeness (QED) is 0.285. The minimum Gasteiger partial charge on any atom is -0.444 e. The van der Waals surface area contributed by atoms with E-state index in [0.717, 1.165) is 34.0 Å². The number of carbonyl (C=O) groups excluding carboxylic acids is 3. The molecule has 1 aliphatic heterocycles. The van der Waals surface area contributed by atoms with Crippen LogP contribution in [0.5, 0.6) is 0 Å². The zero-order valence-corrected chi connectivity index (χ0v) is 26.4. The summed E-state index contributed by atoms with van der Waals surface area (Å²) < 4.78 is 14.8. The number of benzene rings is 1. The van der Waals surface area contributed by atoms with Gasteiger partial charge in [-0.2, -0.15) is 5.10 Å². The molecule has 2 amide bonds. The number of aromatic nitrogens is 4. The third-order valence-corrected chi connectivity index (χ3v) is 7.46. The molecular formula is C32H40N6O5. The number of anilines is 1. The summed E-state index contributed by atoms with van der Waals surface area (Å²) in [5.74, 6) is -0.0603. The number of nitrogens with one attached hydrogen (secondary N) is 1. The first kappa shape index (κ1) is 30.1. The van der Waals surface area contributed by atoms with E-state index in [1.165, 1.54) is 4.57 Å². The molecule has 0 unspecified atom stereocenters. The van der Waals surface area contributed by atoms with Crippen LogP contribution in [-0.4, -0.2) is 60.1 Å². The molecule has 11 nitrogen and oxygen atoms in total. The first-order valence-electron chi connectivity index (χ1n) is 14.5. The Balaban J connectivity index is 1.56. The Morgan fingerprint density at radius 2 is 1.60 bits per heavy atom. The van der Waals surface area contributed by atoms with Crippen LogP contribution >= 0.6 is 0 Å². The van der Waals surface area contributed by atoms with E-state index in [1.54, 1.807) is 54.7 Å². The molecule has 0 bridgehead atoms. The second kappa shape index (κ2) is 10.7. The first-order valence-corrected chi connectivity index (χ1v) is 14.5. The van der Waals surface area contributed by atoms with Crippen molar-refractivity contribution >= 4 is 45.7 Å². The Bertz CT molecular complexity index is 1750. The molecule has 3 aromatic heterocycles. The molecule has 4 heterocycles. The predicted octanol–water partition coefficient (Wildman–Crippen LogP) is 6.65. The summed E-state index contributed by atoms with van der Waals surface area (Å²) in [7, 11) is 1.84. The number of likely N-dealkylation sites (tertiary alicyclic amines) is 1. The van der Waals surface area contributed by atoms with E-state index in [-0.39, 0.29) is 11.7 Å². The molecule has 1 N–H and O–H groups in total. The van der Waals surface area contributed by atoms with Gasteiger partial charge in [0.05, 0.1) is 28.5 Å². The number of pyridine rings is 1. The smallest absolute Gasteiger partial charge is 0.419 e. The third kappa shape index (κ3) is 5.93. The van der Waals surface area contributed by atoms with E-state index in [4.69, 9.17) is 9.47 Å². The van der Waals surface area contributed by atoms with Crippen molar-refractivity contribution in [1.82, 2.24) is 24.2 Å². The lowest BCUT2D eigenvalue weighted by Crippen LogP contribution is -2.38. The standard InChI is InChI=1S/C32H40N6O5/c1-18-22-17-33-26(34-28(39)20-12-13-21-19(2)35-36(9)24(21)15-20)16-25(22)38(30(41)43-32(6,7)8)27(18)23-11-10-14-37(23)29(40)42-31(3,4)5/h12-13,15-17,23H,10-11,14H2,1-9H3,(H,33,34,39)/t23-/m1/s1. The number of fused-ring (bicyclic) bond motifs is 2. The number of nitrogens with zero attached hydrogens (tertiary/aromatic N) is 5. The van der Waals surface area contributed by atoms with E-state index >= 15 is 0 Å². The summed E-state index contributed by atoms with van der Waals surface area (Å²) in [6, 6.07) is 6.70. The number of carbonyl (C=O) groups is 3. The van der Waals surface area contributed by atoms with Gasteiger partial charge >= 0.3 is 12.2 Å². The lowest BCUT2D eigenvalue weighted by atomic mass is 10.1. The maximum absolute atomic E-state index is 13.8. The van der Waals surface area contributed by atoms with Crippen LogP contribution in [0.2, 0.25) is 0 Å². The molecule has 0 radical (unpaired) electrons. The third-order valence-electron chi connectivity index (χ3n) is 7.46. The zero-order valence-electron chi connectivity index (χ0n) is 26.4. The van der Waals surface area contributed by atoms with Crippen LogP contribution in [0.25, 0.3) is 21.8 Å². The maximum atomic E-state index is 13.8. The van der Waals surface area contributed by atoms with Crippen LogP contribution in [0.4, 0.5) is 15.4 Å². The molecule has 0 saturated carbocycles. The zero-order chi connectivity index (χ0) is 31.4. The van der Waals surface area contributed by atoms with E-state index in [9.17, 15) is 14.4 Å². The van der Waals surface area contributed by atoms with Gasteiger partial charge in [-0.15, -0.1) is 0 Å². The Kier molecular flexibility index (Phi) is 7.48. The van der Waals surface area contributed by atoms with Gasteiger partial charge in [0.2, 0.25) is 0 Å². The summed E-state index contributed by atoms with van der Waals surface area (Å²) >= 11 is 0. The monoisotopic (exact) mass is 588 g/mol. The number of aryl methyl sites for hydroxylation is 3. The lowest BCUT2D eigenvalue weighted by Gasteiger charge is -2.30. The van der Waals surface area contributed by atoms with Crippen molar-refractivity contribution < 1.29 is 23.9 Å². The molecule has 1 aliphatic rings. The molecule has 1 atom stereocenters. The Labute approximate surface area is 251 Å². The number of amides is 2. The van der Waals surface area contributed by atoms with Crippen molar-refractivity contribution in [2.45, 2.75) is 85.5 Å². The van der Waals surface area contributed by atoms with Crippen molar-refractivity contribution in [2.75, 3.05) is 11.9 Å². The molecular weight excluding hydrogens is 548 g/mol. The number of hydrogen-bond acceptors (Lipinski definition) is 7. The highest BCUT2D eigenvalue weighted by molar-refractivity contribution is 6.07. The summed E-state index contributed by atoms with van der Waals surface area (Å²) in [5.41, 5.74) is 2.76. The largest absolute Gasteiger partial charge is 0.444 e. The highest BCUT2D eigenvalue weighted by Crippen LogP contribution is 2.40. The minimum atomic E-state index is -0.758. The van der Waals surface area contributed by atoms with Gasteiger partial charge in [-0.25, -0.2) is 19.1 Å². The Morgan fingerprint density at radius 3 is 2.28 bits per heavy atom. The van der Waals surface area contributed by atoms with Gasteiger partial charge in [0.25, 0.3) is 5.91 Å². The molecule has 1 fully saturated rings. The van der Waals surface area contributed by atoms with Crippen LogP contribution in [0.15, 0.2) is 30.5 Å². The summed E-state index contributed by atoms with van der Waals surface area (Å²) in [6.45, 7) is 15.3. The van der Waals surface area contributed by atoms with Crippen molar-refractivity contribution in [1.29, 1.82) is 0 Å². The van der Waals surface area contributed by atoms with Crippen LogP contribution in [0.3, 0.4) is 0 Å². The Hall–Kier alpha value is -4.41. The van der Waals surface area contributed by atoms with Crippen LogP contribution in [-0.2, 0) is 16.5 Å². The molecule has 0 spiro atoms. The average molecular weight is 589 g/mol. The van der Waals surface area contributed by atoms with E-state index < -0.39 is 29.4 Å². The molecule has 4 aromatic rings. The summed E-state index contributed by atoms with van der Waals surface area (Å²) in [5, 5.41) is 9.01. The second-order valence-corrected chi connectivity index (χ2v) is 13.1. The van der Waals surface area contributed by atoms with Crippen molar-refractivity contribution in [3.8, 4) is 0 Å². The molecule has 11 heteroatoms. The van der Waals surface area contributed by atoms with E-state index in [0.29, 0.717) is 29.7 Å². The van der Waals surface area contributed by atoms with Crippen LogP contribution in [0.1, 0.15) is 87.7 Å². The predicted molar refractivity (Wildman–Crippen MR) is 164 cm³/mol. The lowest BCUT2D eigenvalue weighted by molar-refractivity contribution is 0.0211. The van der Waals surface area contributed by atoms with Gasteiger partial charge in [0, 0.05) is 42.2 Å². The van der Waals surface area contributed by atoms with E-state index in [1.807, 2.05) is 47.7 Å². The molecule has 228 valence electrons. The van der Waals surface area contributed by atoms with Gasteiger partial charge in [0.15, 0.2) is 0 Å². The normalized spacial score (nSPS) is 15.7. The fourth-order valence-electron chi connectivity index (χ4n) is 5.68. The fraction of sp³-hybridized carbons (Fsp3) is 0.469. The van der Waals surface area contributed by atoms with Gasteiger partial charge in [-0.05, 0) is 85.9 Å². The van der Waals surface area contributed by atoms with Crippen LogP contribution < -0.4 is 5.32 Å². The summed E-state index contributed by atoms with van der Waals surface area (Å²) in [6.07, 6.45) is 2.07. The number of hydrogen-bond donors (Lipinski definition) is 1. The molecule has 5 rings (SSSR count). The number of ether oxygens (including phenoxy) is 2. The minimum absolute atomic E-state index is 0.281. The highest BCUT2D eigenvalue weighted by Gasteiger charge is 2.38. The SMILES string of the molecule is Cc1nn(C)c2cc(C(=O)Nc3cc4c(cn3)c(C)c([C@H]3CCCN3C(=O)OC(C)(C)C)n4C(=O)OC(C)(C)C)ccc12. The highest BCUT2D eigenvalue weighted by atomic mass is 16.6. The van der Waals surface area contributed by atoms with Crippen molar-refractivity contribution in [3.63, 3.8) is 0 Å². The molecule has 0 aliphatic carbocycles. The fourth-order valence-corrected chi connectivity index (χ4v) is 5.68. The first-order chi connectivity index (χ1) is 20.0. The molecule has 1 aromatic carbocycles. The summed E-state index contributed by atoms with van der Waals surface area (Å²) in [4.78, 5) is 46.5. The van der Waals surface area contributed by atoms with Crippen LogP contribution in [0, 0.1) is 13.8 Å². The molecule has 43 heavy (non-hydrogen) atoms. The van der Waals surface area contributed by atoms with Crippen molar-refractivity contribution in [3.05, 3.63) is 53.0 Å². The maximum Gasteiger partial charge on any atom is 0.419 e. The van der Waals surface area contributed by atoms with Gasteiger partial charge in [-0.1, -0.05) is 6.07 Å². The molecule has 1 saturated heterocycles. The topological polar surface area (TPSA) is 121 Å².